The van der Waals surface area contributed by atoms with Crippen LogP contribution in [0.25, 0.3) is 0 Å². The van der Waals surface area contributed by atoms with Crippen molar-refractivity contribution in [3.8, 4) is 5.75 Å². The molecule has 23 heavy (non-hydrogen) atoms. The van der Waals surface area contributed by atoms with E-state index in [-0.39, 0.29) is 39.4 Å². The van der Waals surface area contributed by atoms with E-state index in [0.29, 0.717) is 12.3 Å². The van der Waals surface area contributed by atoms with Crippen molar-refractivity contribution in [1.29, 1.82) is 0 Å². The number of benzene rings is 1. The van der Waals surface area contributed by atoms with Crippen molar-refractivity contribution in [3.63, 3.8) is 0 Å². The molecule has 0 saturated carbocycles. The highest BCUT2D eigenvalue weighted by Crippen LogP contribution is 2.39. The van der Waals surface area contributed by atoms with Crippen molar-refractivity contribution in [1.82, 2.24) is 9.62 Å². The van der Waals surface area contributed by atoms with Crippen LogP contribution in [0.5, 0.6) is 5.75 Å². The topological polar surface area (TPSA) is 58.6 Å². The standard InChI is InChI=1S/C14H18Cl2N2O3S.ClH/c1-21-13-6-12(16)14(7-11(13)15)22(19,20)18-9-2-3-10(18)8-17-5-4-9;/h6-7,9-10,17H,2-5,8H2,1H3;1H. The number of rotatable bonds is 3. The lowest BCUT2D eigenvalue weighted by molar-refractivity contribution is 0.334. The van der Waals surface area contributed by atoms with Crippen LogP contribution < -0.4 is 10.1 Å². The summed E-state index contributed by atoms with van der Waals surface area (Å²) in [5.41, 5.74) is 0. The molecule has 2 heterocycles. The lowest BCUT2D eigenvalue weighted by atomic mass is 10.1. The summed E-state index contributed by atoms with van der Waals surface area (Å²) in [5, 5.41) is 3.67. The minimum atomic E-state index is -3.68. The third kappa shape index (κ3) is 3.43. The van der Waals surface area contributed by atoms with Gasteiger partial charge in [0.15, 0.2) is 0 Å². The van der Waals surface area contributed by atoms with E-state index in [4.69, 9.17) is 27.9 Å². The molecule has 9 heteroatoms. The largest absolute Gasteiger partial charge is 0.495 e. The maximum absolute atomic E-state index is 13.1. The summed E-state index contributed by atoms with van der Waals surface area (Å²) in [6.45, 7) is 1.52. The minimum absolute atomic E-state index is 0. The van der Waals surface area contributed by atoms with Crippen molar-refractivity contribution >= 4 is 45.6 Å². The molecule has 0 aliphatic carbocycles. The van der Waals surface area contributed by atoms with Crippen LogP contribution in [-0.4, -0.2) is 45.0 Å². The summed E-state index contributed by atoms with van der Waals surface area (Å²) in [4.78, 5) is 0.0544. The molecule has 1 aromatic rings. The summed E-state index contributed by atoms with van der Waals surface area (Å²) in [6, 6.07) is 2.85. The van der Waals surface area contributed by atoms with Gasteiger partial charge in [-0.25, -0.2) is 8.42 Å². The number of methoxy groups -OCH3 is 1. The Hall–Kier alpha value is -0.240. The number of hydrogen-bond donors (Lipinski definition) is 1. The summed E-state index contributed by atoms with van der Waals surface area (Å²) in [6.07, 6.45) is 2.59. The van der Waals surface area contributed by atoms with Crippen molar-refractivity contribution in [2.75, 3.05) is 20.2 Å². The minimum Gasteiger partial charge on any atom is -0.495 e. The number of halogens is 3. The molecule has 0 amide bonds. The van der Waals surface area contributed by atoms with Crippen molar-refractivity contribution in [3.05, 3.63) is 22.2 Å². The van der Waals surface area contributed by atoms with Crippen LogP contribution in [-0.2, 0) is 10.0 Å². The van der Waals surface area contributed by atoms with Crippen LogP contribution in [0, 0.1) is 0 Å². The van der Waals surface area contributed by atoms with Gasteiger partial charge in [-0.1, -0.05) is 23.2 Å². The van der Waals surface area contributed by atoms with Crippen LogP contribution in [0.1, 0.15) is 19.3 Å². The molecule has 2 aliphatic rings. The van der Waals surface area contributed by atoms with E-state index in [1.165, 1.54) is 19.2 Å². The fraction of sp³-hybridized carbons (Fsp3) is 0.571. The van der Waals surface area contributed by atoms with Crippen LogP contribution in [0.15, 0.2) is 17.0 Å². The van der Waals surface area contributed by atoms with Crippen LogP contribution >= 0.6 is 35.6 Å². The summed E-state index contributed by atoms with van der Waals surface area (Å²) >= 11 is 12.3. The number of fused-ring (bicyclic) bond motifs is 2. The van der Waals surface area contributed by atoms with Crippen molar-refractivity contribution in [2.45, 2.75) is 36.2 Å². The van der Waals surface area contributed by atoms with Crippen LogP contribution in [0.4, 0.5) is 0 Å². The monoisotopic (exact) mass is 400 g/mol. The van der Waals surface area contributed by atoms with Gasteiger partial charge in [-0.3, -0.25) is 0 Å². The molecule has 1 N–H and O–H groups in total. The quantitative estimate of drug-likeness (QED) is 0.846. The number of hydrogen-bond acceptors (Lipinski definition) is 4. The molecular formula is C14H19Cl3N2O3S. The van der Waals surface area contributed by atoms with Crippen LogP contribution in [0.2, 0.25) is 10.0 Å². The molecule has 2 atom stereocenters. The molecule has 2 saturated heterocycles. The van der Waals surface area contributed by atoms with Crippen molar-refractivity contribution in [2.24, 2.45) is 0 Å². The molecule has 0 aromatic heterocycles. The van der Waals surface area contributed by atoms with Gasteiger partial charge < -0.3 is 10.1 Å². The lowest BCUT2D eigenvalue weighted by Gasteiger charge is -2.27. The predicted molar refractivity (Wildman–Crippen MR) is 93.6 cm³/mol. The van der Waals surface area contributed by atoms with Crippen molar-refractivity contribution < 1.29 is 13.2 Å². The van der Waals surface area contributed by atoms with E-state index in [0.717, 1.165) is 25.8 Å². The van der Waals surface area contributed by atoms with Crippen LogP contribution in [0.3, 0.4) is 0 Å². The Balaban J connectivity index is 0.00000192. The average molecular weight is 402 g/mol. The van der Waals surface area contributed by atoms with Gasteiger partial charge in [-0.05, 0) is 31.9 Å². The maximum atomic E-state index is 13.1. The molecule has 130 valence electrons. The molecule has 2 unspecified atom stereocenters. The second-order valence-electron chi connectivity index (χ2n) is 5.63. The zero-order chi connectivity index (χ0) is 15.9. The fourth-order valence-corrected chi connectivity index (χ4v) is 6.04. The molecule has 1 aromatic carbocycles. The number of ether oxygens (including phenoxy) is 1. The van der Waals surface area contributed by atoms with Gasteiger partial charge >= 0.3 is 0 Å². The second-order valence-corrected chi connectivity index (χ2v) is 8.26. The second kappa shape index (κ2) is 7.33. The van der Waals surface area contributed by atoms with Gasteiger partial charge in [0.2, 0.25) is 10.0 Å². The first kappa shape index (κ1) is 19.1. The van der Waals surface area contributed by atoms with Gasteiger partial charge in [-0.2, -0.15) is 4.31 Å². The van der Waals surface area contributed by atoms with Gasteiger partial charge in [-0.15, -0.1) is 12.4 Å². The Morgan fingerprint density at radius 3 is 2.57 bits per heavy atom. The highest BCUT2D eigenvalue weighted by atomic mass is 35.5. The molecule has 2 aliphatic heterocycles. The van der Waals surface area contributed by atoms with E-state index in [1.54, 1.807) is 4.31 Å². The third-order valence-electron chi connectivity index (χ3n) is 4.35. The normalized spacial score (nSPS) is 24.8. The lowest BCUT2D eigenvalue weighted by Crippen LogP contribution is -2.42. The first-order valence-corrected chi connectivity index (χ1v) is 9.42. The van der Waals surface area contributed by atoms with E-state index in [1.807, 2.05) is 0 Å². The Bertz CT molecular complexity index is 670. The summed E-state index contributed by atoms with van der Waals surface area (Å²) in [5.74, 6) is 0.367. The third-order valence-corrected chi connectivity index (χ3v) is 7.11. The first-order valence-electron chi connectivity index (χ1n) is 7.22. The number of nitrogens with one attached hydrogen (secondary N) is 1. The molecule has 0 radical (unpaired) electrons. The summed E-state index contributed by atoms with van der Waals surface area (Å²) < 4.78 is 32.9. The Kier molecular flexibility index (Phi) is 6.09. The Morgan fingerprint density at radius 2 is 1.87 bits per heavy atom. The average Bonchev–Trinajstić information content (AvgIpc) is 2.74. The SMILES string of the molecule is COc1cc(Cl)c(S(=O)(=O)N2C3CCNCC2CC3)cc1Cl.Cl. The first-order chi connectivity index (χ1) is 10.4. The zero-order valence-corrected chi connectivity index (χ0v) is 15.7. The molecule has 3 rings (SSSR count). The highest BCUT2D eigenvalue weighted by molar-refractivity contribution is 7.89. The smallest absolute Gasteiger partial charge is 0.245 e. The molecule has 2 bridgehead atoms. The molecular weight excluding hydrogens is 383 g/mol. The van der Waals surface area contributed by atoms with E-state index >= 15 is 0 Å². The predicted octanol–water partition coefficient (Wildman–Crippen LogP) is 2.94. The van der Waals surface area contributed by atoms with Gasteiger partial charge in [0, 0.05) is 24.7 Å². The van der Waals surface area contributed by atoms with Gasteiger partial charge in [0.05, 0.1) is 17.2 Å². The maximum Gasteiger partial charge on any atom is 0.245 e. The van der Waals surface area contributed by atoms with E-state index in [9.17, 15) is 8.42 Å². The van der Waals surface area contributed by atoms with E-state index < -0.39 is 10.0 Å². The van der Waals surface area contributed by atoms with Gasteiger partial charge in [0.25, 0.3) is 0 Å². The molecule has 0 spiro atoms. The Labute approximate surface area is 152 Å². The molecule has 2 fully saturated rings. The zero-order valence-electron chi connectivity index (χ0n) is 12.6. The Morgan fingerprint density at radius 1 is 1.17 bits per heavy atom. The number of sulfonamides is 1. The number of nitrogens with zero attached hydrogens (tertiary/aromatic N) is 1. The molecule has 5 nitrogen and oxygen atoms in total. The fourth-order valence-electron chi connectivity index (χ4n) is 3.31. The van der Waals surface area contributed by atoms with Gasteiger partial charge in [0.1, 0.15) is 10.6 Å². The highest BCUT2D eigenvalue weighted by Gasteiger charge is 2.43. The van der Waals surface area contributed by atoms with E-state index in [2.05, 4.69) is 5.32 Å². The summed E-state index contributed by atoms with van der Waals surface area (Å²) in [7, 11) is -2.21.